The summed E-state index contributed by atoms with van der Waals surface area (Å²) in [4.78, 5) is 22.8. The van der Waals surface area contributed by atoms with Gasteiger partial charge >= 0.3 is 0 Å². The fourth-order valence-electron chi connectivity index (χ4n) is 2.21. The Morgan fingerprint density at radius 2 is 2.25 bits per heavy atom. The molecule has 0 radical (unpaired) electrons. The van der Waals surface area contributed by atoms with Crippen LogP contribution in [0.25, 0.3) is 0 Å². The summed E-state index contributed by atoms with van der Waals surface area (Å²) >= 11 is 9.40. The molecule has 2 atom stereocenters. The summed E-state index contributed by atoms with van der Waals surface area (Å²) < 4.78 is 0.938. The van der Waals surface area contributed by atoms with Crippen LogP contribution in [0.5, 0.6) is 0 Å². The Labute approximate surface area is 131 Å². The van der Waals surface area contributed by atoms with Crippen LogP contribution in [0.2, 0.25) is 5.02 Å². The zero-order valence-electron chi connectivity index (χ0n) is 11.1. The minimum atomic E-state index is -0.184. The van der Waals surface area contributed by atoms with E-state index < -0.39 is 0 Å². The molecule has 1 aliphatic heterocycles. The van der Waals surface area contributed by atoms with E-state index in [1.54, 1.807) is 0 Å². The Bertz CT molecular complexity index is 536. The third-order valence-electron chi connectivity index (χ3n) is 3.45. The fraction of sp³-hybridized carbons (Fsp3) is 0.429. The van der Waals surface area contributed by atoms with Crippen LogP contribution in [0.3, 0.4) is 0 Å². The first-order valence-corrected chi connectivity index (χ1v) is 7.66. The molecule has 1 saturated heterocycles. The van der Waals surface area contributed by atoms with E-state index in [9.17, 15) is 9.59 Å². The van der Waals surface area contributed by atoms with Crippen molar-refractivity contribution in [3.63, 3.8) is 0 Å². The molecule has 20 heavy (non-hydrogen) atoms. The van der Waals surface area contributed by atoms with Gasteiger partial charge in [-0.3, -0.25) is 14.9 Å². The molecule has 1 aromatic carbocycles. The summed E-state index contributed by atoms with van der Waals surface area (Å²) in [6.45, 7) is 2.58. The van der Waals surface area contributed by atoms with E-state index in [0.29, 0.717) is 24.4 Å². The van der Waals surface area contributed by atoms with Crippen LogP contribution in [0.4, 0.5) is 0 Å². The molecule has 0 saturated carbocycles. The quantitative estimate of drug-likeness (QED) is 0.813. The summed E-state index contributed by atoms with van der Waals surface area (Å²) in [5, 5.41) is 6.37. The van der Waals surface area contributed by atoms with Crippen molar-refractivity contribution >= 4 is 39.3 Å². The zero-order valence-corrected chi connectivity index (χ0v) is 13.4. The summed E-state index contributed by atoms with van der Waals surface area (Å²) in [6.07, 6.45) is 1.02. The molecular weight excluding hydrogens is 344 g/mol. The maximum atomic E-state index is 11.7. The standard InChI is InChI=1S/C14H16BrClN2O2/c1-8(11-4-3-10(16)6-12(11)15)17-7-9-2-5-13(19)18-14(9)20/h3-4,6,8-9,17H,2,5,7H2,1H3,(H,18,19,20)/t8-,9?/m1/s1. The highest BCUT2D eigenvalue weighted by molar-refractivity contribution is 9.10. The predicted molar refractivity (Wildman–Crippen MR) is 81.4 cm³/mol. The molecule has 0 aromatic heterocycles. The number of piperidine rings is 1. The topological polar surface area (TPSA) is 58.2 Å². The highest BCUT2D eigenvalue weighted by Crippen LogP contribution is 2.26. The highest BCUT2D eigenvalue weighted by atomic mass is 79.9. The van der Waals surface area contributed by atoms with E-state index in [-0.39, 0.29) is 23.8 Å². The maximum absolute atomic E-state index is 11.7. The number of hydrogen-bond donors (Lipinski definition) is 2. The molecule has 0 spiro atoms. The van der Waals surface area contributed by atoms with Gasteiger partial charge in [-0.2, -0.15) is 0 Å². The first-order valence-electron chi connectivity index (χ1n) is 6.49. The molecule has 4 nitrogen and oxygen atoms in total. The Hall–Kier alpha value is -0.910. The molecule has 108 valence electrons. The Balaban J connectivity index is 1.93. The van der Waals surface area contributed by atoms with Crippen LogP contribution in [0, 0.1) is 5.92 Å². The summed E-state index contributed by atoms with van der Waals surface area (Å²) in [6, 6.07) is 5.73. The van der Waals surface area contributed by atoms with E-state index in [0.717, 1.165) is 10.0 Å². The van der Waals surface area contributed by atoms with Crippen LogP contribution < -0.4 is 10.6 Å². The van der Waals surface area contributed by atoms with Gasteiger partial charge in [0.25, 0.3) is 0 Å². The first-order chi connectivity index (χ1) is 9.47. The van der Waals surface area contributed by atoms with Gasteiger partial charge in [-0.05, 0) is 31.0 Å². The van der Waals surface area contributed by atoms with E-state index in [2.05, 4.69) is 26.6 Å². The molecule has 6 heteroatoms. The average molecular weight is 360 g/mol. The number of halogens is 2. The number of benzene rings is 1. The summed E-state index contributed by atoms with van der Waals surface area (Å²) in [7, 11) is 0. The SMILES string of the molecule is C[C@@H](NCC1CCC(=O)NC1=O)c1ccc(Cl)cc1Br. The normalized spacial score (nSPS) is 20.6. The van der Waals surface area contributed by atoms with Crippen LogP contribution in [-0.4, -0.2) is 18.4 Å². The molecule has 0 aliphatic carbocycles. The van der Waals surface area contributed by atoms with Crippen molar-refractivity contribution in [1.29, 1.82) is 0 Å². The largest absolute Gasteiger partial charge is 0.309 e. The van der Waals surface area contributed by atoms with Gasteiger partial charge in [0.05, 0.1) is 5.92 Å². The number of imide groups is 1. The van der Waals surface area contributed by atoms with Gasteiger partial charge < -0.3 is 5.32 Å². The molecule has 0 bridgehead atoms. The number of nitrogens with one attached hydrogen (secondary N) is 2. The summed E-state index contributed by atoms with van der Waals surface area (Å²) in [5.74, 6) is -0.517. The molecule has 2 rings (SSSR count). The monoisotopic (exact) mass is 358 g/mol. The lowest BCUT2D eigenvalue weighted by Gasteiger charge is -2.23. The molecule has 1 unspecified atom stereocenters. The van der Waals surface area contributed by atoms with Crippen molar-refractivity contribution in [3.8, 4) is 0 Å². The van der Waals surface area contributed by atoms with Gasteiger partial charge in [0.1, 0.15) is 0 Å². The van der Waals surface area contributed by atoms with Gasteiger partial charge in [0.15, 0.2) is 0 Å². The van der Waals surface area contributed by atoms with Gasteiger partial charge in [-0.15, -0.1) is 0 Å². The van der Waals surface area contributed by atoms with Gasteiger partial charge in [0, 0.05) is 28.5 Å². The van der Waals surface area contributed by atoms with Gasteiger partial charge in [-0.25, -0.2) is 0 Å². The van der Waals surface area contributed by atoms with E-state index in [1.807, 2.05) is 25.1 Å². The van der Waals surface area contributed by atoms with Crippen LogP contribution in [0.1, 0.15) is 31.4 Å². The number of hydrogen-bond acceptors (Lipinski definition) is 3. The van der Waals surface area contributed by atoms with Gasteiger partial charge in [0.2, 0.25) is 11.8 Å². The number of rotatable bonds is 4. The fourth-order valence-corrected chi connectivity index (χ4v) is 3.24. The third-order valence-corrected chi connectivity index (χ3v) is 4.37. The Morgan fingerprint density at radius 3 is 2.90 bits per heavy atom. The second kappa shape index (κ2) is 6.70. The van der Waals surface area contributed by atoms with Gasteiger partial charge in [-0.1, -0.05) is 33.6 Å². The smallest absolute Gasteiger partial charge is 0.230 e. The van der Waals surface area contributed by atoms with Crippen molar-refractivity contribution in [2.45, 2.75) is 25.8 Å². The molecule has 1 fully saturated rings. The second-order valence-electron chi connectivity index (χ2n) is 4.94. The number of carbonyl (C=O) groups excluding carboxylic acids is 2. The van der Waals surface area contributed by atoms with Crippen molar-refractivity contribution in [1.82, 2.24) is 10.6 Å². The van der Waals surface area contributed by atoms with Crippen LogP contribution in [-0.2, 0) is 9.59 Å². The second-order valence-corrected chi connectivity index (χ2v) is 6.23. The molecule has 1 aliphatic rings. The zero-order chi connectivity index (χ0) is 14.7. The minimum absolute atomic E-state index is 0.0899. The number of amides is 2. The van der Waals surface area contributed by atoms with Crippen LogP contribution >= 0.6 is 27.5 Å². The summed E-state index contributed by atoms with van der Waals surface area (Å²) in [5.41, 5.74) is 1.08. The van der Waals surface area contributed by atoms with E-state index >= 15 is 0 Å². The van der Waals surface area contributed by atoms with Crippen molar-refractivity contribution in [2.24, 2.45) is 5.92 Å². The first kappa shape index (κ1) is 15.5. The van der Waals surface area contributed by atoms with E-state index in [4.69, 9.17) is 11.6 Å². The van der Waals surface area contributed by atoms with Crippen molar-refractivity contribution < 1.29 is 9.59 Å². The van der Waals surface area contributed by atoms with E-state index in [1.165, 1.54) is 0 Å². The van der Waals surface area contributed by atoms with Crippen molar-refractivity contribution in [2.75, 3.05) is 6.54 Å². The predicted octanol–water partition coefficient (Wildman–Crippen LogP) is 2.81. The lowest BCUT2D eigenvalue weighted by atomic mass is 9.97. The minimum Gasteiger partial charge on any atom is -0.309 e. The Kier molecular flexibility index (Phi) is 5.18. The van der Waals surface area contributed by atoms with Crippen LogP contribution in [0.15, 0.2) is 22.7 Å². The molecule has 2 amide bonds. The highest BCUT2D eigenvalue weighted by Gasteiger charge is 2.26. The molecule has 1 aromatic rings. The molecule has 2 N–H and O–H groups in total. The molecule has 1 heterocycles. The maximum Gasteiger partial charge on any atom is 0.230 e. The third kappa shape index (κ3) is 3.81. The average Bonchev–Trinajstić information content (AvgIpc) is 2.37. The molecular formula is C14H16BrClN2O2. The lowest BCUT2D eigenvalue weighted by molar-refractivity contribution is -0.136. The Morgan fingerprint density at radius 1 is 1.50 bits per heavy atom. The lowest BCUT2D eigenvalue weighted by Crippen LogP contribution is -2.44. The van der Waals surface area contributed by atoms with Crippen molar-refractivity contribution in [3.05, 3.63) is 33.3 Å². The number of carbonyl (C=O) groups is 2.